The summed E-state index contributed by atoms with van der Waals surface area (Å²) < 4.78 is 20.2. The Morgan fingerprint density at radius 2 is 1.94 bits per heavy atom. The van der Waals surface area contributed by atoms with Gasteiger partial charge in [0.1, 0.15) is 23.0 Å². The third-order valence-electron chi connectivity index (χ3n) is 5.80. The number of carbonyl (C=O) groups is 2. The molecule has 0 saturated carbocycles. The summed E-state index contributed by atoms with van der Waals surface area (Å²) in [6, 6.07) is 9.65. The highest BCUT2D eigenvalue weighted by atomic mass is 35.5. The number of carbonyl (C=O) groups excluding carboxylic acids is 1. The average molecular weight is 513 g/mol. The molecule has 0 fully saturated rings. The van der Waals surface area contributed by atoms with E-state index in [2.05, 4.69) is 5.32 Å². The van der Waals surface area contributed by atoms with Crippen molar-refractivity contribution in [3.05, 3.63) is 93.4 Å². The molecular weight excluding hydrogens is 483 g/mol. The molecule has 8 heteroatoms. The number of hydrogen-bond acceptors (Lipinski definition) is 4. The number of ether oxygens (including phenoxy) is 1. The minimum Gasteiger partial charge on any atom is -0.481 e. The Morgan fingerprint density at radius 1 is 1.17 bits per heavy atom. The highest BCUT2D eigenvalue weighted by Crippen LogP contribution is 2.26. The quantitative estimate of drug-likeness (QED) is 0.464. The predicted molar refractivity (Wildman–Crippen MR) is 138 cm³/mol. The minimum atomic E-state index is -0.852. The minimum absolute atomic E-state index is 0.0490. The molecule has 0 radical (unpaired) electrons. The molecule has 0 spiro atoms. The van der Waals surface area contributed by atoms with Crippen molar-refractivity contribution in [2.24, 2.45) is 0 Å². The molecule has 1 heterocycles. The van der Waals surface area contributed by atoms with Crippen molar-refractivity contribution in [1.82, 2.24) is 10.2 Å². The van der Waals surface area contributed by atoms with Crippen LogP contribution in [0.2, 0.25) is 0 Å². The van der Waals surface area contributed by atoms with Crippen molar-refractivity contribution in [2.45, 2.75) is 39.7 Å². The predicted octanol–water partition coefficient (Wildman–Crippen LogP) is 5.85. The van der Waals surface area contributed by atoms with E-state index in [1.165, 1.54) is 12.1 Å². The van der Waals surface area contributed by atoms with Crippen LogP contribution in [0.1, 0.15) is 36.5 Å². The van der Waals surface area contributed by atoms with Crippen molar-refractivity contribution in [3.8, 4) is 11.5 Å². The van der Waals surface area contributed by atoms with Crippen molar-refractivity contribution >= 4 is 23.5 Å². The summed E-state index contributed by atoms with van der Waals surface area (Å²) in [5.74, 6) is -0.771. The van der Waals surface area contributed by atoms with Crippen molar-refractivity contribution in [1.29, 1.82) is 0 Å². The number of likely N-dealkylation sites (N-methyl/N-ethyl adjacent to an activating group) is 1. The molecule has 0 unspecified atom stereocenters. The summed E-state index contributed by atoms with van der Waals surface area (Å²) in [5.41, 5.74) is 3.79. The maximum Gasteiger partial charge on any atom is 0.303 e. The smallest absolute Gasteiger partial charge is 0.303 e. The molecule has 190 valence electrons. The van der Waals surface area contributed by atoms with E-state index in [0.717, 1.165) is 16.7 Å². The van der Waals surface area contributed by atoms with E-state index >= 15 is 0 Å². The van der Waals surface area contributed by atoms with Crippen LogP contribution in [0.15, 0.2) is 70.9 Å². The zero-order chi connectivity index (χ0) is 26.2. The monoisotopic (exact) mass is 512 g/mol. The van der Waals surface area contributed by atoms with Crippen LogP contribution in [-0.2, 0) is 22.6 Å². The maximum atomic E-state index is 14.3. The topological polar surface area (TPSA) is 78.9 Å². The van der Waals surface area contributed by atoms with E-state index in [-0.39, 0.29) is 18.9 Å². The Labute approximate surface area is 215 Å². The Morgan fingerprint density at radius 3 is 2.67 bits per heavy atom. The molecule has 2 aromatic rings. The third kappa shape index (κ3) is 7.71. The second kappa shape index (κ2) is 12.4. The number of carboxylic acids is 1. The molecule has 1 amide bonds. The van der Waals surface area contributed by atoms with E-state index in [1.54, 1.807) is 18.2 Å². The van der Waals surface area contributed by atoms with Gasteiger partial charge in [0.15, 0.2) is 0 Å². The van der Waals surface area contributed by atoms with Gasteiger partial charge in [0.2, 0.25) is 0 Å². The molecule has 1 aliphatic rings. The average Bonchev–Trinajstić information content (AvgIpc) is 2.86. The lowest BCUT2D eigenvalue weighted by molar-refractivity contribution is -0.137. The van der Waals surface area contributed by atoms with Crippen LogP contribution in [0.3, 0.4) is 0 Å². The standard InChI is InChI=1S/C28H30ClFN2O4/c1-18-6-9-22(29)5-4-12-32(3)27(18)28(35)31-17-20-14-23(30)16-25(15-20)36-24-10-7-21(19(2)13-24)8-11-26(33)34/h4-5,7,9-10,13-16H,6,8,11-12,17H2,1-3H3,(H,31,35)(H,33,34)/b5-4-,22-9+,27-18-. The highest BCUT2D eigenvalue weighted by molar-refractivity contribution is 6.31. The molecule has 0 aromatic heterocycles. The number of rotatable bonds is 8. The number of hydrogen-bond donors (Lipinski definition) is 2. The zero-order valence-corrected chi connectivity index (χ0v) is 21.4. The fourth-order valence-corrected chi connectivity index (χ4v) is 4.13. The van der Waals surface area contributed by atoms with Crippen LogP contribution in [0.4, 0.5) is 4.39 Å². The maximum absolute atomic E-state index is 14.3. The van der Waals surface area contributed by atoms with Gasteiger partial charge in [-0.25, -0.2) is 4.39 Å². The first kappa shape index (κ1) is 27.0. The molecule has 2 N–H and O–H groups in total. The van der Waals surface area contributed by atoms with Crippen LogP contribution < -0.4 is 10.1 Å². The highest BCUT2D eigenvalue weighted by Gasteiger charge is 2.18. The first-order chi connectivity index (χ1) is 17.1. The Balaban J connectivity index is 1.70. The molecule has 1 aliphatic heterocycles. The van der Waals surface area contributed by atoms with Gasteiger partial charge in [-0.15, -0.1) is 0 Å². The second-order valence-corrected chi connectivity index (χ2v) is 9.20. The lowest BCUT2D eigenvalue weighted by Gasteiger charge is -2.22. The van der Waals surface area contributed by atoms with Gasteiger partial charge in [-0.1, -0.05) is 29.8 Å². The number of nitrogens with one attached hydrogen (secondary N) is 1. The van der Waals surface area contributed by atoms with Crippen LogP contribution in [0.25, 0.3) is 0 Å². The third-order valence-corrected chi connectivity index (χ3v) is 6.08. The number of carboxylic acid groups (broad SMARTS) is 1. The number of halogens is 2. The molecule has 0 aliphatic carbocycles. The van der Waals surface area contributed by atoms with E-state index in [4.69, 9.17) is 21.4 Å². The fourth-order valence-electron chi connectivity index (χ4n) is 3.96. The summed E-state index contributed by atoms with van der Waals surface area (Å²) in [4.78, 5) is 25.7. The molecule has 36 heavy (non-hydrogen) atoms. The molecule has 0 saturated heterocycles. The van der Waals surface area contributed by atoms with Gasteiger partial charge in [-0.05, 0) is 79.3 Å². The number of amides is 1. The number of benzene rings is 2. The summed E-state index contributed by atoms with van der Waals surface area (Å²) in [7, 11) is 1.84. The Bertz CT molecular complexity index is 1240. The largest absolute Gasteiger partial charge is 0.481 e. The normalized spacial score (nSPS) is 18.4. The van der Waals surface area contributed by atoms with Crippen LogP contribution in [-0.4, -0.2) is 35.5 Å². The number of aryl methyl sites for hydroxylation is 2. The lowest BCUT2D eigenvalue weighted by Crippen LogP contribution is -2.34. The first-order valence-corrected chi connectivity index (χ1v) is 12.0. The van der Waals surface area contributed by atoms with E-state index in [9.17, 15) is 14.0 Å². The summed E-state index contributed by atoms with van der Waals surface area (Å²) >= 11 is 6.14. The number of allylic oxidation sites excluding steroid dienone is 4. The van der Waals surface area contributed by atoms with Crippen molar-refractivity contribution in [2.75, 3.05) is 13.6 Å². The summed E-state index contributed by atoms with van der Waals surface area (Å²) in [5, 5.41) is 12.4. The van der Waals surface area contributed by atoms with Gasteiger partial charge in [-0.3, -0.25) is 9.59 Å². The number of nitrogens with zero attached hydrogens (tertiary/aromatic N) is 1. The number of aliphatic carboxylic acids is 1. The fraction of sp³-hybridized carbons (Fsp3) is 0.286. The van der Waals surface area contributed by atoms with Crippen LogP contribution in [0, 0.1) is 12.7 Å². The zero-order valence-electron chi connectivity index (χ0n) is 20.6. The summed E-state index contributed by atoms with van der Waals surface area (Å²) in [6.45, 7) is 4.41. The molecule has 3 rings (SSSR count). The SMILES string of the molecule is C/C1=C(\C(=O)NCc2cc(F)cc(Oc3ccc(CCC(=O)O)c(C)c3)c2)N(C)C/C=C\C(Cl)=C/C1. The molecule has 6 nitrogen and oxygen atoms in total. The van der Waals surface area contributed by atoms with E-state index < -0.39 is 11.8 Å². The van der Waals surface area contributed by atoms with Gasteiger partial charge in [0.25, 0.3) is 5.91 Å². The van der Waals surface area contributed by atoms with Gasteiger partial charge in [0, 0.05) is 37.7 Å². The van der Waals surface area contributed by atoms with Crippen molar-refractivity contribution in [3.63, 3.8) is 0 Å². The van der Waals surface area contributed by atoms with Crippen LogP contribution >= 0.6 is 11.6 Å². The molecule has 0 atom stereocenters. The first-order valence-electron chi connectivity index (χ1n) is 11.6. The van der Waals surface area contributed by atoms with Gasteiger partial charge in [0.05, 0.1) is 0 Å². The molecular formula is C28H30ClFN2O4. The van der Waals surface area contributed by atoms with Gasteiger partial charge >= 0.3 is 5.97 Å². The molecule has 2 aromatic carbocycles. The van der Waals surface area contributed by atoms with Gasteiger partial charge < -0.3 is 20.1 Å². The van der Waals surface area contributed by atoms with Crippen molar-refractivity contribution < 1.29 is 23.8 Å². The molecule has 0 bridgehead atoms. The lowest BCUT2D eigenvalue weighted by atomic mass is 10.0. The van der Waals surface area contributed by atoms with E-state index in [0.29, 0.717) is 47.2 Å². The van der Waals surface area contributed by atoms with E-state index in [1.807, 2.05) is 50.1 Å². The van der Waals surface area contributed by atoms with Gasteiger partial charge in [-0.2, -0.15) is 0 Å². The second-order valence-electron chi connectivity index (χ2n) is 8.77. The Kier molecular flexibility index (Phi) is 9.31. The Hall–Kier alpha value is -3.58. The summed E-state index contributed by atoms with van der Waals surface area (Å²) in [6.07, 6.45) is 6.58. The van der Waals surface area contributed by atoms with Crippen LogP contribution in [0.5, 0.6) is 11.5 Å².